The van der Waals surface area contributed by atoms with Crippen molar-refractivity contribution in [3.63, 3.8) is 0 Å². The van der Waals surface area contributed by atoms with E-state index in [0.29, 0.717) is 5.92 Å². The van der Waals surface area contributed by atoms with Crippen LogP contribution in [0.1, 0.15) is 51.4 Å². The number of nitrogens with one attached hydrogen (secondary N) is 1. The monoisotopic (exact) mass is 207 g/mol. The van der Waals surface area contributed by atoms with E-state index < -0.39 is 0 Å². The van der Waals surface area contributed by atoms with Crippen LogP contribution in [0, 0.1) is 18.3 Å². The molecule has 1 aliphatic carbocycles. The summed E-state index contributed by atoms with van der Waals surface area (Å²) in [4.78, 5) is 11.5. The normalized spacial score (nSPS) is 17.0. The van der Waals surface area contributed by atoms with E-state index in [2.05, 4.69) is 11.2 Å². The van der Waals surface area contributed by atoms with Gasteiger partial charge in [-0.1, -0.05) is 19.3 Å². The van der Waals surface area contributed by atoms with E-state index >= 15 is 0 Å². The van der Waals surface area contributed by atoms with Gasteiger partial charge in [0.05, 0.1) is 0 Å². The first-order valence-corrected chi connectivity index (χ1v) is 6.03. The zero-order valence-electron chi connectivity index (χ0n) is 9.43. The maximum absolute atomic E-state index is 11.5. The summed E-state index contributed by atoms with van der Waals surface area (Å²) in [5.74, 6) is 3.41. The molecule has 1 saturated carbocycles. The Bertz CT molecular complexity index is 223. The van der Waals surface area contributed by atoms with Gasteiger partial charge in [-0.15, -0.1) is 12.3 Å². The Balaban J connectivity index is 2.04. The van der Waals surface area contributed by atoms with Crippen molar-refractivity contribution in [2.45, 2.75) is 51.4 Å². The van der Waals surface area contributed by atoms with Crippen LogP contribution in [0.4, 0.5) is 0 Å². The van der Waals surface area contributed by atoms with Gasteiger partial charge in [0.25, 0.3) is 0 Å². The van der Waals surface area contributed by atoms with Crippen LogP contribution in [0.25, 0.3) is 0 Å². The number of hydrogen-bond acceptors (Lipinski definition) is 1. The van der Waals surface area contributed by atoms with Crippen LogP contribution >= 0.6 is 0 Å². The highest BCUT2D eigenvalue weighted by atomic mass is 16.1. The van der Waals surface area contributed by atoms with E-state index in [1.807, 2.05) is 0 Å². The van der Waals surface area contributed by atoms with Crippen molar-refractivity contribution in [1.29, 1.82) is 0 Å². The summed E-state index contributed by atoms with van der Waals surface area (Å²) < 4.78 is 0. The molecule has 84 valence electrons. The molecular weight excluding hydrogens is 186 g/mol. The summed E-state index contributed by atoms with van der Waals surface area (Å²) in [6, 6.07) is 0. The molecule has 0 unspecified atom stereocenters. The first kappa shape index (κ1) is 12.1. The van der Waals surface area contributed by atoms with Crippen molar-refractivity contribution in [2.24, 2.45) is 5.92 Å². The third-order valence-electron chi connectivity index (χ3n) is 3.02. The molecule has 0 radical (unpaired) electrons. The summed E-state index contributed by atoms with van der Waals surface area (Å²) in [5.41, 5.74) is 0. The molecule has 0 spiro atoms. The maximum atomic E-state index is 11.5. The predicted molar refractivity (Wildman–Crippen MR) is 62.3 cm³/mol. The average molecular weight is 207 g/mol. The Morgan fingerprint density at radius 3 is 2.73 bits per heavy atom. The highest BCUT2D eigenvalue weighted by molar-refractivity contribution is 5.76. The van der Waals surface area contributed by atoms with E-state index in [0.717, 1.165) is 25.8 Å². The molecule has 2 nitrogen and oxygen atoms in total. The highest BCUT2D eigenvalue weighted by Gasteiger charge is 2.16. The minimum atomic E-state index is 0.207. The Labute approximate surface area is 92.8 Å². The topological polar surface area (TPSA) is 29.1 Å². The fourth-order valence-corrected chi connectivity index (χ4v) is 2.14. The van der Waals surface area contributed by atoms with Gasteiger partial charge in [-0.25, -0.2) is 0 Å². The van der Waals surface area contributed by atoms with E-state index in [1.54, 1.807) is 0 Å². The first-order valence-electron chi connectivity index (χ1n) is 6.03. The van der Waals surface area contributed by atoms with Crippen LogP contribution < -0.4 is 5.32 Å². The molecule has 1 fully saturated rings. The second-order valence-electron chi connectivity index (χ2n) is 4.37. The Kier molecular flexibility index (Phi) is 5.92. The number of rotatable bonds is 5. The lowest BCUT2D eigenvalue weighted by atomic mass is 9.87. The second-order valence-corrected chi connectivity index (χ2v) is 4.37. The number of carbonyl (C=O) groups is 1. The minimum Gasteiger partial charge on any atom is -0.356 e. The molecule has 0 bridgehead atoms. The molecule has 0 aliphatic heterocycles. The van der Waals surface area contributed by atoms with Crippen LogP contribution in [0.5, 0.6) is 0 Å². The number of amides is 1. The summed E-state index contributed by atoms with van der Waals surface area (Å²) in [6.07, 6.45) is 13.9. The quantitative estimate of drug-likeness (QED) is 0.544. The standard InChI is InChI=1S/C13H21NO/c1-2-3-7-10-14-13(15)11-12-8-5-4-6-9-12/h1,12H,3-11H2,(H,14,15). The SMILES string of the molecule is C#CCCCNC(=O)CC1CCCCC1. The average Bonchev–Trinajstić information content (AvgIpc) is 2.26. The molecule has 1 N–H and O–H groups in total. The lowest BCUT2D eigenvalue weighted by Crippen LogP contribution is -2.27. The van der Waals surface area contributed by atoms with Crippen LogP contribution in [0.3, 0.4) is 0 Å². The molecule has 1 rings (SSSR count). The van der Waals surface area contributed by atoms with Crippen LogP contribution in [0.2, 0.25) is 0 Å². The lowest BCUT2D eigenvalue weighted by molar-refractivity contribution is -0.122. The molecule has 15 heavy (non-hydrogen) atoms. The van der Waals surface area contributed by atoms with Crippen molar-refractivity contribution >= 4 is 5.91 Å². The van der Waals surface area contributed by atoms with Gasteiger partial charge in [0, 0.05) is 19.4 Å². The Morgan fingerprint density at radius 1 is 1.33 bits per heavy atom. The molecular formula is C13H21NO. The van der Waals surface area contributed by atoms with Crippen molar-refractivity contribution in [2.75, 3.05) is 6.54 Å². The van der Waals surface area contributed by atoms with Gasteiger partial charge in [0.15, 0.2) is 0 Å². The second kappa shape index (κ2) is 7.34. The number of hydrogen-bond donors (Lipinski definition) is 1. The Morgan fingerprint density at radius 2 is 2.07 bits per heavy atom. The molecule has 0 aromatic rings. The molecule has 1 amide bonds. The van der Waals surface area contributed by atoms with Crippen molar-refractivity contribution in [3.8, 4) is 12.3 Å². The van der Waals surface area contributed by atoms with E-state index in [-0.39, 0.29) is 5.91 Å². The van der Waals surface area contributed by atoms with E-state index in [4.69, 9.17) is 6.42 Å². The first-order chi connectivity index (χ1) is 7.33. The molecule has 0 atom stereocenters. The third-order valence-corrected chi connectivity index (χ3v) is 3.02. The van der Waals surface area contributed by atoms with Crippen molar-refractivity contribution in [3.05, 3.63) is 0 Å². The fraction of sp³-hybridized carbons (Fsp3) is 0.769. The van der Waals surface area contributed by atoms with Crippen molar-refractivity contribution < 1.29 is 4.79 Å². The molecule has 2 heteroatoms. The minimum absolute atomic E-state index is 0.207. The third kappa shape index (κ3) is 5.47. The zero-order chi connectivity index (χ0) is 10.9. The van der Waals surface area contributed by atoms with Gasteiger partial charge < -0.3 is 5.32 Å². The van der Waals surface area contributed by atoms with Crippen LogP contribution in [-0.2, 0) is 4.79 Å². The van der Waals surface area contributed by atoms with Gasteiger partial charge in [0.2, 0.25) is 5.91 Å². The summed E-state index contributed by atoms with van der Waals surface area (Å²) >= 11 is 0. The number of unbranched alkanes of at least 4 members (excludes halogenated alkanes) is 1. The number of terminal acetylenes is 1. The maximum Gasteiger partial charge on any atom is 0.220 e. The fourth-order valence-electron chi connectivity index (χ4n) is 2.14. The molecule has 1 aliphatic rings. The van der Waals surface area contributed by atoms with E-state index in [9.17, 15) is 4.79 Å². The van der Waals surface area contributed by atoms with Gasteiger partial charge in [-0.2, -0.15) is 0 Å². The van der Waals surface area contributed by atoms with E-state index in [1.165, 1.54) is 32.1 Å². The molecule has 0 saturated heterocycles. The summed E-state index contributed by atoms with van der Waals surface area (Å²) in [5, 5.41) is 2.93. The Hall–Kier alpha value is -0.970. The summed E-state index contributed by atoms with van der Waals surface area (Å²) in [7, 11) is 0. The largest absolute Gasteiger partial charge is 0.356 e. The zero-order valence-corrected chi connectivity index (χ0v) is 9.43. The molecule has 0 aromatic heterocycles. The summed E-state index contributed by atoms with van der Waals surface area (Å²) in [6.45, 7) is 0.732. The van der Waals surface area contributed by atoms with Crippen LogP contribution in [-0.4, -0.2) is 12.5 Å². The van der Waals surface area contributed by atoms with Crippen LogP contribution in [0.15, 0.2) is 0 Å². The predicted octanol–water partition coefficient (Wildman–Crippen LogP) is 2.49. The van der Waals surface area contributed by atoms with Crippen molar-refractivity contribution in [1.82, 2.24) is 5.32 Å². The highest BCUT2D eigenvalue weighted by Crippen LogP contribution is 2.25. The van der Waals surface area contributed by atoms with Gasteiger partial charge in [-0.3, -0.25) is 4.79 Å². The molecule has 0 aromatic carbocycles. The van der Waals surface area contributed by atoms with Gasteiger partial charge in [0.1, 0.15) is 0 Å². The smallest absolute Gasteiger partial charge is 0.220 e. The van der Waals surface area contributed by atoms with Gasteiger partial charge >= 0.3 is 0 Å². The molecule has 0 heterocycles. The number of carbonyl (C=O) groups excluding carboxylic acids is 1. The lowest BCUT2D eigenvalue weighted by Gasteiger charge is -2.20. The van der Waals surface area contributed by atoms with Gasteiger partial charge in [-0.05, 0) is 25.2 Å².